The summed E-state index contributed by atoms with van der Waals surface area (Å²) < 4.78 is 17.3. The second-order valence-corrected chi connectivity index (χ2v) is 5.21. The number of fused-ring (bicyclic) bond motifs is 1. The Bertz CT molecular complexity index is 572. The Morgan fingerprint density at radius 1 is 1.30 bits per heavy atom. The molecule has 2 heterocycles. The van der Waals surface area contributed by atoms with Crippen LogP contribution in [0.15, 0.2) is 28.7 Å². The third-order valence-electron chi connectivity index (χ3n) is 3.63. The predicted octanol–water partition coefficient (Wildman–Crippen LogP) is 2.81. The Kier molecular flexibility index (Phi) is 4.05. The van der Waals surface area contributed by atoms with Crippen molar-refractivity contribution < 1.29 is 13.9 Å². The Morgan fingerprint density at radius 3 is 2.95 bits per heavy atom. The number of benzene rings is 1. The molecule has 0 amide bonds. The number of hydrogen-bond acceptors (Lipinski definition) is 4. The summed E-state index contributed by atoms with van der Waals surface area (Å²) >= 11 is 0. The number of nitrogens with one attached hydrogen (secondary N) is 1. The number of furan rings is 1. The molecule has 2 atom stereocenters. The monoisotopic (exact) mass is 275 g/mol. The van der Waals surface area contributed by atoms with Gasteiger partial charge in [0.05, 0.1) is 25.9 Å². The Morgan fingerprint density at radius 2 is 2.20 bits per heavy atom. The van der Waals surface area contributed by atoms with Crippen LogP contribution in [0.2, 0.25) is 0 Å². The first-order valence-electron chi connectivity index (χ1n) is 7.20. The van der Waals surface area contributed by atoms with E-state index < -0.39 is 0 Å². The molecule has 1 N–H and O–H groups in total. The Balaban J connectivity index is 1.91. The van der Waals surface area contributed by atoms with Gasteiger partial charge in [-0.2, -0.15) is 0 Å². The van der Waals surface area contributed by atoms with Crippen molar-refractivity contribution in [1.82, 2.24) is 5.32 Å². The summed E-state index contributed by atoms with van der Waals surface area (Å²) in [6.45, 7) is 6.96. The minimum Gasteiger partial charge on any atom is -0.459 e. The highest BCUT2D eigenvalue weighted by Crippen LogP contribution is 2.28. The summed E-state index contributed by atoms with van der Waals surface area (Å²) in [5.74, 6) is 0.919. The molecule has 0 saturated carbocycles. The van der Waals surface area contributed by atoms with Crippen LogP contribution in [0.4, 0.5) is 0 Å². The van der Waals surface area contributed by atoms with E-state index in [4.69, 9.17) is 13.9 Å². The van der Waals surface area contributed by atoms with E-state index in [9.17, 15) is 0 Å². The smallest absolute Gasteiger partial charge is 0.134 e. The first-order valence-corrected chi connectivity index (χ1v) is 7.20. The molecule has 20 heavy (non-hydrogen) atoms. The molecule has 2 aromatic rings. The zero-order chi connectivity index (χ0) is 13.9. The second-order valence-electron chi connectivity index (χ2n) is 5.21. The molecular weight excluding hydrogens is 254 g/mol. The largest absolute Gasteiger partial charge is 0.459 e. The van der Waals surface area contributed by atoms with E-state index in [-0.39, 0.29) is 12.1 Å². The van der Waals surface area contributed by atoms with Gasteiger partial charge in [-0.3, -0.25) is 0 Å². The summed E-state index contributed by atoms with van der Waals surface area (Å²) in [5, 5.41) is 4.58. The van der Waals surface area contributed by atoms with Crippen molar-refractivity contribution in [1.29, 1.82) is 0 Å². The molecule has 1 saturated heterocycles. The van der Waals surface area contributed by atoms with Gasteiger partial charge in [0, 0.05) is 5.39 Å². The molecule has 1 fully saturated rings. The van der Waals surface area contributed by atoms with Crippen LogP contribution >= 0.6 is 0 Å². The molecule has 4 nitrogen and oxygen atoms in total. The van der Waals surface area contributed by atoms with Gasteiger partial charge in [0.25, 0.3) is 0 Å². The van der Waals surface area contributed by atoms with Gasteiger partial charge in [0.2, 0.25) is 0 Å². The van der Waals surface area contributed by atoms with Gasteiger partial charge >= 0.3 is 0 Å². The van der Waals surface area contributed by atoms with E-state index in [0.717, 1.165) is 23.3 Å². The lowest BCUT2D eigenvalue weighted by atomic mass is 10.1. The van der Waals surface area contributed by atoms with E-state index in [1.165, 1.54) is 5.56 Å². The van der Waals surface area contributed by atoms with Crippen LogP contribution < -0.4 is 5.32 Å². The fraction of sp³-hybridized carbons (Fsp3) is 0.500. The number of rotatable bonds is 4. The van der Waals surface area contributed by atoms with Gasteiger partial charge in [0.1, 0.15) is 17.4 Å². The van der Waals surface area contributed by atoms with Crippen LogP contribution in [-0.2, 0) is 9.47 Å². The van der Waals surface area contributed by atoms with E-state index in [2.05, 4.69) is 37.4 Å². The number of aryl methyl sites for hydroxylation is 1. The van der Waals surface area contributed by atoms with Gasteiger partial charge in [-0.05, 0) is 31.7 Å². The lowest BCUT2D eigenvalue weighted by Crippen LogP contribution is -2.40. The zero-order valence-corrected chi connectivity index (χ0v) is 12.0. The molecular formula is C16H21NO3. The van der Waals surface area contributed by atoms with E-state index in [0.29, 0.717) is 19.8 Å². The van der Waals surface area contributed by atoms with Crippen LogP contribution in [0.1, 0.15) is 24.3 Å². The van der Waals surface area contributed by atoms with Crippen LogP contribution in [-0.4, -0.2) is 32.5 Å². The van der Waals surface area contributed by atoms with Crippen molar-refractivity contribution in [3.05, 3.63) is 35.6 Å². The number of likely N-dealkylation sites (N-methyl/N-ethyl adjacent to an activating group) is 1. The van der Waals surface area contributed by atoms with Crippen molar-refractivity contribution in [2.45, 2.75) is 26.0 Å². The molecule has 0 aliphatic carbocycles. The van der Waals surface area contributed by atoms with Gasteiger partial charge < -0.3 is 19.2 Å². The highest BCUT2D eigenvalue weighted by molar-refractivity contribution is 5.78. The minimum atomic E-state index is 0.00496. The van der Waals surface area contributed by atoms with Crippen LogP contribution in [0.3, 0.4) is 0 Å². The van der Waals surface area contributed by atoms with Gasteiger partial charge in [0.15, 0.2) is 0 Å². The summed E-state index contributed by atoms with van der Waals surface area (Å²) in [6.07, 6.45) is 0.00496. The summed E-state index contributed by atoms with van der Waals surface area (Å²) in [7, 11) is 0. The molecule has 4 heteroatoms. The quantitative estimate of drug-likeness (QED) is 0.932. The van der Waals surface area contributed by atoms with Crippen molar-refractivity contribution >= 4 is 11.0 Å². The molecule has 0 bridgehead atoms. The highest BCUT2D eigenvalue weighted by atomic mass is 16.6. The molecule has 2 unspecified atom stereocenters. The summed E-state index contributed by atoms with van der Waals surface area (Å²) in [6, 6.07) is 8.37. The average molecular weight is 275 g/mol. The third-order valence-corrected chi connectivity index (χ3v) is 3.63. The predicted molar refractivity (Wildman–Crippen MR) is 77.9 cm³/mol. The number of hydrogen-bond donors (Lipinski definition) is 1. The van der Waals surface area contributed by atoms with E-state index in [1.807, 2.05) is 6.07 Å². The van der Waals surface area contributed by atoms with Gasteiger partial charge in [-0.15, -0.1) is 0 Å². The normalized spacial score (nSPS) is 21.2. The van der Waals surface area contributed by atoms with Crippen LogP contribution in [0, 0.1) is 6.92 Å². The van der Waals surface area contributed by atoms with Gasteiger partial charge in [-0.25, -0.2) is 0 Å². The topological polar surface area (TPSA) is 43.6 Å². The highest BCUT2D eigenvalue weighted by Gasteiger charge is 2.28. The van der Waals surface area contributed by atoms with Crippen LogP contribution in [0.5, 0.6) is 0 Å². The Hall–Kier alpha value is -1.36. The van der Waals surface area contributed by atoms with Gasteiger partial charge in [-0.1, -0.05) is 18.6 Å². The van der Waals surface area contributed by atoms with Crippen molar-refractivity contribution in [2.75, 3.05) is 26.4 Å². The maximum absolute atomic E-state index is 5.99. The van der Waals surface area contributed by atoms with E-state index in [1.54, 1.807) is 0 Å². The molecule has 3 rings (SSSR count). The summed E-state index contributed by atoms with van der Waals surface area (Å²) in [5.41, 5.74) is 2.16. The molecule has 1 aromatic carbocycles. The van der Waals surface area contributed by atoms with E-state index >= 15 is 0 Å². The molecule has 1 aromatic heterocycles. The molecule has 0 spiro atoms. The maximum Gasteiger partial charge on any atom is 0.134 e. The maximum atomic E-state index is 5.99. The lowest BCUT2D eigenvalue weighted by Gasteiger charge is -2.29. The number of ether oxygens (including phenoxy) is 2. The molecule has 108 valence electrons. The Labute approximate surface area is 119 Å². The van der Waals surface area contributed by atoms with Crippen molar-refractivity contribution in [3.63, 3.8) is 0 Å². The molecule has 1 aliphatic rings. The first-order chi connectivity index (χ1) is 9.78. The zero-order valence-electron chi connectivity index (χ0n) is 12.0. The fourth-order valence-electron chi connectivity index (χ4n) is 2.67. The molecule has 1 aliphatic heterocycles. The van der Waals surface area contributed by atoms with Crippen molar-refractivity contribution in [2.24, 2.45) is 0 Å². The second kappa shape index (κ2) is 5.95. The standard InChI is InChI=1S/C16H21NO3/c1-3-17-16(15-10-18-6-7-19-15)14-9-12-8-11(2)4-5-13(12)20-14/h4-5,8-9,15-17H,3,6-7,10H2,1-2H3. The fourth-order valence-corrected chi connectivity index (χ4v) is 2.67. The summed E-state index contributed by atoms with van der Waals surface area (Å²) in [4.78, 5) is 0. The minimum absolute atomic E-state index is 0.00496. The first kappa shape index (κ1) is 13.6. The third kappa shape index (κ3) is 2.73. The lowest BCUT2D eigenvalue weighted by molar-refractivity contribution is -0.104. The van der Waals surface area contributed by atoms with Crippen molar-refractivity contribution in [3.8, 4) is 0 Å². The average Bonchev–Trinajstić information content (AvgIpc) is 2.88. The molecule has 0 radical (unpaired) electrons. The SMILES string of the molecule is CCNC(c1cc2cc(C)ccc2o1)C1COCCO1. The van der Waals surface area contributed by atoms with Crippen LogP contribution in [0.25, 0.3) is 11.0 Å².